The lowest BCUT2D eigenvalue weighted by Crippen LogP contribution is -2.27. The second-order valence-electron chi connectivity index (χ2n) is 7.24. The Morgan fingerprint density at radius 1 is 1.03 bits per heavy atom. The number of nitrogens with zero attached hydrogens (tertiary/aromatic N) is 1. The Hall–Kier alpha value is -3.61. The van der Waals surface area contributed by atoms with E-state index < -0.39 is 0 Å². The molecule has 0 unspecified atom stereocenters. The molecular weight excluding hydrogens is 366 g/mol. The van der Waals surface area contributed by atoms with Gasteiger partial charge in [0.15, 0.2) is 0 Å². The number of aromatic nitrogens is 3. The first-order chi connectivity index (χ1) is 13.9. The van der Waals surface area contributed by atoms with Crippen molar-refractivity contribution in [1.82, 2.24) is 20.3 Å². The summed E-state index contributed by atoms with van der Waals surface area (Å²) in [5.41, 5.74) is 5.98. The molecule has 2 heterocycles. The summed E-state index contributed by atoms with van der Waals surface area (Å²) in [6, 6.07) is 11.6. The average Bonchev–Trinajstić information content (AvgIpc) is 3.23. The molecule has 4 rings (SSSR count). The van der Waals surface area contributed by atoms with Crippen LogP contribution in [0.2, 0.25) is 0 Å². The van der Waals surface area contributed by atoms with Gasteiger partial charge in [0.05, 0.1) is 16.7 Å². The number of rotatable bonds is 5. The van der Waals surface area contributed by atoms with Gasteiger partial charge in [0.1, 0.15) is 11.5 Å². The largest absolute Gasteiger partial charge is 0.350 e. The third-order valence-electron chi connectivity index (χ3n) is 5.03. The molecule has 0 atom stereocenters. The van der Waals surface area contributed by atoms with Crippen LogP contribution in [-0.4, -0.2) is 33.3 Å². The van der Waals surface area contributed by atoms with Gasteiger partial charge in [-0.2, -0.15) is 0 Å². The minimum Gasteiger partial charge on any atom is -0.350 e. The van der Waals surface area contributed by atoms with Crippen LogP contribution in [-0.2, 0) is 11.2 Å². The lowest BCUT2D eigenvalue weighted by atomic mass is 10.1. The molecule has 7 nitrogen and oxygen atoms in total. The van der Waals surface area contributed by atoms with Gasteiger partial charge in [-0.05, 0) is 43.2 Å². The molecule has 2 amide bonds. The predicted octanol–water partition coefficient (Wildman–Crippen LogP) is 3.59. The molecule has 29 heavy (non-hydrogen) atoms. The van der Waals surface area contributed by atoms with Gasteiger partial charge in [0.2, 0.25) is 5.91 Å². The highest BCUT2D eigenvalue weighted by atomic mass is 16.2. The Balaban J connectivity index is 1.49. The van der Waals surface area contributed by atoms with Gasteiger partial charge in [-0.25, -0.2) is 4.98 Å². The number of anilines is 1. The fourth-order valence-corrected chi connectivity index (χ4v) is 3.44. The minimum atomic E-state index is -0.271. The van der Waals surface area contributed by atoms with E-state index in [2.05, 4.69) is 51.6 Å². The van der Waals surface area contributed by atoms with Crippen molar-refractivity contribution in [2.45, 2.75) is 27.2 Å². The number of aromatic amines is 2. The van der Waals surface area contributed by atoms with Crippen LogP contribution in [0.15, 0.2) is 36.4 Å². The van der Waals surface area contributed by atoms with Gasteiger partial charge in [-0.1, -0.05) is 18.2 Å². The lowest BCUT2D eigenvalue weighted by molar-refractivity contribution is -0.114. The Labute approximate surface area is 167 Å². The van der Waals surface area contributed by atoms with E-state index in [0.717, 1.165) is 27.8 Å². The summed E-state index contributed by atoms with van der Waals surface area (Å²) >= 11 is 0. The molecule has 0 radical (unpaired) electrons. The molecule has 2 aromatic heterocycles. The van der Waals surface area contributed by atoms with E-state index in [1.807, 2.05) is 24.3 Å². The van der Waals surface area contributed by atoms with E-state index in [0.29, 0.717) is 24.3 Å². The Bertz CT molecular complexity index is 1200. The Morgan fingerprint density at radius 3 is 2.59 bits per heavy atom. The number of nitrogens with one attached hydrogen (secondary N) is 4. The minimum absolute atomic E-state index is 0.225. The third kappa shape index (κ3) is 3.71. The van der Waals surface area contributed by atoms with Gasteiger partial charge >= 0.3 is 0 Å². The van der Waals surface area contributed by atoms with E-state index in [-0.39, 0.29) is 11.8 Å². The molecule has 4 aromatic rings. The average molecular weight is 389 g/mol. The van der Waals surface area contributed by atoms with Crippen LogP contribution in [0.25, 0.3) is 21.9 Å². The molecule has 7 heteroatoms. The summed E-state index contributed by atoms with van der Waals surface area (Å²) in [5.74, 6) is 0.327. The highest BCUT2D eigenvalue weighted by molar-refractivity contribution is 6.12. The van der Waals surface area contributed by atoms with E-state index in [9.17, 15) is 9.59 Å². The van der Waals surface area contributed by atoms with E-state index >= 15 is 0 Å². The molecule has 148 valence electrons. The Kier molecular flexibility index (Phi) is 4.80. The topological polar surface area (TPSA) is 103 Å². The Morgan fingerprint density at radius 2 is 1.79 bits per heavy atom. The van der Waals surface area contributed by atoms with Crippen molar-refractivity contribution >= 4 is 39.4 Å². The van der Waals surface area contributed by atoms with Crippen LogP contribution in [0.5, 0.6) is 0 Å². The molecule has 0 bridgehead atoms. The van der Waals surface area contributed by atoms with Crippen molar-refractivity contribution < 1.29 is 9.59 Å². The molecule has 2 aromatic carbocycles. The highest BCUT2D eigenvalue weighted by Crippen LogP contribution is 2.27. The number of aryl methyl sites for hydroxylation is 2. The number of hydrogen-bond donors (Lipinski definition) is 4. The fourth-order valence-electron chi connectivity index (χ4n) is 3.44. The number of H-pyrrole nitrogens is 2. The summed E-state index contributed by atoms with van der Waals surface area (Å²) in [7, 11) is 0. The summed E-state index contributed by atoms with van der Waals surface area (Å²) in [5, 5.41) is 6.47. The molecule has 4 N–H and O–H groups in total. The van der Waals surface area contributed by atoms with Crippen LogP contribution in [0, 0.1) is 13.8 Å². The van der Waals surface area contributed by atoms with E-state index in [1.165, 1.54) is 18.1 Å². The van der Waals surface area contributed by atoms with Crippen LogP contribution in [0.4, 0.5) is 5.69 Å². The van der Waals surface area contributed by atoms with Crippen LogP contribution in [0.3, 0.4) is 0 Å². The normalized spacial score (nSPS) is 11.1. The van der Waals surface area contributed by atoms with Crippen LogP contribution < -0.4 is 10.6 Å². The number of carbonyl (C=O) groups is 2. The van der Waals surface area contributed by atoms with Gasteiger partial charge in [-0.3, -0.25) is 9.59 Å². The standard InChI is InChI=1S/C22H23N5O2/c1-12-10-17-18(11-13(12)2)26-19(25-17)8-9-23-22(29)21-20(24-14(3)28)15-6-4-5-7-16(15)27-21/h4-7,10-11,27H,8-9H2,1-3H3,(H,23,29)(H,24,28)(H,25,26). The molecule has 0 aliphatic heterocycles. The monoisotopic (exact) mass is 389 g/mol. The lowest BCUT2D eigenvalue weighted by Gasteiger charge is -2.06. The van der Waals surface area contributed by atoms with Crippen molar-refractivity contribution in [2.24, 2.45) is 0 Å². The first kappa shape index (κ1) is 18.7. The molecule has 0 fully saturated rings. The molecule has 0 saturated heterocycles. The molecule has 0 spiro atoms. The zero-order valence-corrected chi connectivity index (χ0v) is 16.6. The highest BCUT2D eigenvalue weighted by Gasteiger charge is 2.18. The number of benzene rings is 2. The van der Waals surface area contributed by atoms with Crippen molar-refractivity contribution in [1.29, 1.82) is 0 Å². The molecule has 0 aliphatic carbocycles. The van der Waals surface area contributed by atoms with Gasteiger partial charge in [0, 0.05) is 30.8 Å². The van der Waals surface area contributed by atoms with Crippen molar-refractivity contribution in [3.8, 4) is 0 Å². The third-order valence-corrected chi connectivity index (χ3v) is 5.03. The van der Waals surface area contributed by atoms with Crippen molar-refractivity contribution in [2.75, 3.05) is 11.9 Å². The van der Waals surface area contributed by atoms with Crippen molar-refractivity contribution in [3.05, 3.63) is 59.0 Å². The van der Waals surface area contributed by atoms with Crippen LogP contribution in [0.1, 0.15) is 34.4 Å². The second-order valence-corrected chi connectivity index (χ2v) is 7.24. The number of imidazole rings is 1. The SMILES string of the molecule is CC(=O)Nc1c(C(=O)NCCc2nc3cc(C)c(C)cc3[nH]2)[nH]c2ccccc12. The van der Waals surface area contributed by atoms with E-state index in [4.69, 9.17) is 0 Å². The summed E-state index contributed by atoms with van der Waals surface area (Å²) in [6.45, 7) is 5.98. The number of para-hydroxylation sites is 1. The number of carbonyl (C=O) groups excluding carboxylic acids is 2. The predicted molar refractivity (Wildman–Crippen MR) is 114 cm³/mol. The summed E-state index contributed by atoms with van der Waals surface area (Å²) in [6.07, 6.45) is 0.578. The van der Waals surface area contributed by atoms with Gasteiger partial charge < -0.3 is 20.6 Å². The first-order valence-corrected chi connectivity index (χ1v) is 9.54. The smallest absolute Gasteiger partial charge is 0.269 e. The number of fused-ring (bicyclic) bond motifs is 2. The maximum absolute atomic E-state index is 12.7. The maximum atomic E-state index is 12.7. The molecule has 0 saturated carbocycles. The summed E-state index contributed by atoms with van der Waals surface area (Å²) < 4.78 is 0. The zero-order valence-electron chi connectivity index (χ0n) is 16.6. The fraction of sp³-hybridized carbons (Fsp3) is 0.227. The first-order valence-electron chi connectivity index (χ1n) is 9.54. The van der Waals surface area contributed by atoms with Gasteiger partial charge in [-0.15, -0.1) is 0 Å². The maximum Gasteiger partial charge on any atom is 0.269 e. The second kappa shape index (κ2) is 7.43. The van der Waals surface area contributed by atoms with Crippen molar-refractivity contribution in [3.63, 3.8) is 0 Å². The quantitative estimate of drug-likeness (QED) is 0.419. The molecular formula is C22H23N5O2. The number of hydrogen-bond acceptors (Lipinski definition) is 3. The van der Waals surface area contributed by atoms with Gasteiger partial charge in [0.25, 0.3) is 5.91 Å². The summed E-state index contributed by atoms with van der Waals surface area (Å²) in [4.78, 5) is 35.4. The number of amides is 2. The molecule has 0 aliphatic rings. The van der Waals surface area contributed by atoms with E-state index in [1.54, 1.807) is 0 Å². The van der Waals surface area contributed by atoms with Crippen LogP contribution >= 0.6 is 0 Å². The zero-order chi connectivity index (χ0) is 20.5.